The van der Waals surface area contributed by atoms with Gasteiger partial charge in [0.1, 0.15) is 18.1 Å². The van der Waals surface area contributed by atoms with Crippen LogP contribution in [0.25, 0.3) is 11.3 Å². The lowest BCUT2D eigenvalue weighted by atomic mass is 10.1. The third kappa shape index (κ3) is 4.62. The molecule has 1 atom stereocenters. The first-order chi connectivity index (χ1) is 17.2. The molecule has 0 unspecified atom stereocenters. The Labute approximate surface area is 203 Å². The highest BCUT2D eigenvalue weighted by atomic mass is 16.5. The third-order valence-corrected chi connectivity index (χ3v) is 6.17. The van der Waals surface area contributed by atoms with Gasteiger partial charge in [-0.15, -0.1) is 5.10 Å². The van der Waals surface area contributed by atoms with E-state index in [1.165, 1.54) is 0 Å². The maximum atomic E-state index is 13.0. The van der Waals surface area contributed by atoms with Crippen LogP contribution < -0.4 is 14.2 Å². The largest absolute Gasteiger partial charge is 0.496 e. The molecule has 9 heteroatoms. The summed E-state index contributed by atoms with van der Waals surface area (Å²) >= 11 is 0. The normalized spacial score (nSPS) is 16.8. The van der Waals surface area contributed by atoms with Gasteiger partial charge in [-0.2, -0.15) is 0 Å². The lowest BCUT2D eigenvalue weighted by molar-refractivity contribution is 0.0774. The molecule has 0 spiro atoms. The van der Waals surface area contributed by atoms with E-state index in [-0.39, 0.29) is 11.9 Å². The molecule has 1 aromatic heterocycles. The molecule has 0 aliphatic carbocycles. The molecule has 1 saturated heterocycles. The summed E-state index contributed by atoms with van der Waals surface area (Å²) in [6.07, 6.45) is 9.54. The van der Waals surface area contributed by atoms with Crippen molar-refractivity contribution in [2.24, 2.45) is 4.99 Å². The lowest BCUT2D eigenvalue weighted by Crippen LogP contribution is -2.35. The molecule has 2 aromatic carbocycles. The molecule has 2 aliphatic rings. The Balaban J connectivity index is 1.23. The van der Waals surface area contributed by atoms with Crippen LogP contribution >= 0.6 is 0 Å². The van der Waals surface area contributed by atoms with E-state index in [1.54, 1.807) is 31.0 Å². The Hall–Kier alpha value is -4.14. The van der Waals surface area contributed by atoms with Gasteiger partial charge in [0, 0.05) is 24.4 Å². The number of ether oxygens (including phenoxy) is 3. The topological polar surface area (TPSA) is 91.1 Å². The number of carbonyl (C=O) groups is 1. The molecule has 9 nitrogen and oxygen atoms in total. The number of methoxy groups -OCH3 is 2. The van der Waals surface area contributed by atoms with E-state index in [4.69, 9.17) is 14.2 Å². The molecule has 0 N–H and O–H groups in total. The third-order valence-electron chi connectivity index (χ3n) is 6.17. The lowest BCUT2D eigenvalue weighted by Gasteiger charge is -2.20. The maximum absolute atomic E-state index is 13.0. The second-order valence-electron chi connectivity index (χ2n) is 8.32. The van der Waals surface area contributed by atoms with Crippen molar-refractivity contribution in [1.29, 1.82) is 0 Å². The average molecular weight is 474 g/mol. The highest BCUT2D eigenvalue weighted by molar-refractivity contribution is 6.03. The number of benzene rings is 2. The number of rotatable bonds is 8. The zero-order chi connectivity index (χ0) is 24.2. The van der Waals surface area contributed by atoms with Gasteiger partial charge in [-0.25, -0.2) is 4.68 Å². The number of aliphatic imine (C=N–C) groups is 1. The number of amides is 1. The number of aromatic nitrogens is 3. The van der Waals surface area contributed by atoms with E-state index in [9.17, 15) is 4.79 Å². The molecule has 5 rings (SSSR count). The van der Waals surface area contributed by atoms with E-state index in [0.717, 1.165) is 36.4 Å². The van der Waals surface area contributed by atoms with Crippen molar-refractivity contribution in [3.63, 3.8) is 0 Å². The number of hydrogen-bond donors (Lipinski definition) is 0. The molecule has 1 amide bonds. The fraction of sp³-hybridized carbons (Fsp3) is 0.308. The van der Waals surface area contributed by atoms with Crippen molar-refractivity contribution >= 4 is 17.8 Å². The van der Waals surface area contributed by atoms with Crippen molar-refractivity contribution in [2.75, 3.05) is 27.4 Å². The van der Waals surface area contributed by atoms with Crippen LogP contribution in [0.3, 0.4) is 0 Å². The van der Waals surface area contributed by atoms with Gasteiger partial charge in [0.25, 0.3) is 5.91 Å². The smallest absolute Gasteiger partial charge is 0.256 e. The summed E-state index contributed by atoms with van der Waals surface area (Å²) in [4.78, 5) is 19.4. The summed E-state index contributed by atoms with van der Waals surface area (Å²) in [5, 5.41) is 8.43. The van der Waals surface area contributed by atoms with Crippen molar-refractivity contribution in [3.8, 4) is 28.5 Å². The Morgan fingerprint density at radius 3 is 2.77 bits per heavy atom. The predicted octanol–water partition coefficient (Wildman–Crippen LogP) is 3.92. The van der Waals surface area contributed by atoms with Crippen molar-refractivity contribution in [3.05, 3.63) is 60.3 Å². The highest BCUT2D eigenvalue weighted by Crippen LogP contribution is 2.38. The molecular weight excluding hydrogens is 446 g/mol. The van der Waals surface area contributed by atoms with E-state index in [1.807, 2.05) is 53.7 Å². The van der Waals surface area contributed by atoms with Gasteiger partial charge in [-0.1, -0.05) is 23.4 Å². The number of hydrogen-bond acceptors (Lipinski definition) is 7. The van der Waals surface area contributed by atoms with Crippen molar-refractivity contribution in [1.82, 2.24) is 19.9 Å². The minimum absolute atomic E-state index is 0.00919. The SMILES string of the molecule is COc1cc2c(cc1OC/C=C/Cn1cc(-c3ccccc3OC)nn1)N=C[C@@H]1CCCN1C2=O. The monoisotopic (exact) mass is 473 g/mol. The minimum Gasteiger partial charge on any atom is -0.496 e. The summed E-state index contributed by atoms with van der Waals surface area (Å²) in [6, 6.07) is 11.3. The molecule has 3 heterocycles. The second-order valence-corrected chi connectivity index (χ2v) is 8.32. The van der Waals surface area contributed by atoms with Crippen LogP contribution in [0.4, 0.5) is 5.69 Å². The number of nitrogens with zero attached hydrogens (tertiary/aromatic N) is 5. The molecule has 0 saturated carbocycles. The average Bonchev–Trinajstić information content (AvgIpc) is 3.54. The Morgan fingerprint density at radius 2 is 1.91 bits per heavy atom. The van der Waals surface area contributed by atoms with Crippen LogP contribution in [0.2, 0.25) is 0 Å². The van der Waals surface area contributed by atoms with Crippen LogP contribution in [0, 0.1) is 0 Å². The molecule has 2 aliphatic heterocycles. The maximum Gasteiger partial charge on any atom is 0.256 e. The molecule has 1 fully saturated rings. The quantitative estimate of drug-likeness (QED) is 0.461. The van der Waals surface area contributed by atoms with Gasteiger partial charge < -0.3 is 19.1 Å². The van der Waals surface area contributed by atoms with Crippen molar-refractivity contribution < 1.29 is 19.0 Å². The molecule has 3 aromatic rings. The van der Waals surface area contributed by atoms with Gasteiger partial charge in [0.05, 0.1) is 44.3 Å². The van der Waals surface area contributed by atoms with E-state index >= 15 is 0 Å². The first-order valence-electron chi connectivity index (χ1n) is 11.6. The summed E-state index contributed by atoms with van der Waals surface area (Å²) in [5.41, 5.74) is 2.79. The van der Waals surface area contributed by atoms with E-state index in [2.05, 4.69) is 15.3 Å². The number of fused-ring (bicyclic) bond motifs is 2. The standard InChI is InChI=1S/C26H27N5O4/c1-33-23-10-4-3-9-19(23)22-17-30(29-28-22)11-5-6-13-35-25-15-21-20(14-24(25)34-2)26(32)31-12-7-8-18(31)16-27-21/h3-6,9-10,14-18H,7-8,11-13H2,1-2H3/b6-5+/t18-/m0/s1. The van der Waals surface area contributed by atoms with Crippen LogP contribution in [0.1, 0.15) is 23.2 Å². The number of para-hydroxylation sites is 1. The van der Waals surface area contributed by atoms with Crippen molar-refractivity contribution in [2.45, 2.75) is 25.4 Å². The Morgan fingerprint density at radius 1 is 1.06 bits per heavy atom. The fourth-order valence-corrected chi connectivity index (χ4v) is 4.38. The fourth-order valence-electron chi connectivity index (χ4n) is 4.38. The van der Waals surface area contributed by atoms with Crippen LogP contribution in [-0.2, 0) is 6.54 Å². The van der Waals surface area contributed by atoms with Crippen LogP contribution in [0.15, 0.2) is 59.7 Å². The van der Waals surface area contributed by atoms with Gasteiger partial charge in [0.15, 0.2) is 11.5 Å². The van der Waals surface area contributed by atoms with E-state index < -0.39 is 0 Å². The van der Waals surface area contributed by atoms with Gasteiger partial charge in [0.2, 0.25) is 0 Å². The molecule has 180 valence electrons. The first kappa shape index (κ1) is 22.6. The minimum atomic E-state index is -0.00919. The van der Waals surface area contributed by atoms with Crippen LogP contribution in [-0.4, -0.2) is 65.4 Å². The van der Waals surface area contributed by atoms with Gasteiger partial charge in [-0.05, 0) is 37.1 Å². The summed E-state index contributed by atoms with van der Waals surface area (Å²) in [6.45, 7) is 1.63. The summed E-state index contributed by atoms with van der Waals surface area (Å²) < 4.78 is 18.6. The zero-order valence-corrected chi connectivity index (χ0v) is 19.8. The zero-order valence-electron chi connectivity index (χ0n) is 19.8. The highest BCUT2D eigenvalue weighted by Gasteiger charge is 2.32. The van der Waals surface area contributed by atoms with E-state index in [0.29, 0.717) is 35.9 Å². The Kier molecular flexibility index (Phi) is 6.47. The number of carbonyl (C=O) groups excluding carboxylic acids is 1. The van der Waals surface area contributed by atoms with Crippen LogP contribution in [0.5, 0.6) is 17.2 Å². The molecule has 35 heavy (non-hydrogen) atoms. The molecular formula is C26H27N5O4. The molecule has 0 radical (unpaired) electrons. The second kappa shape index (κ2) is 10.0. The number of allylic oxidation sites excluding steroid dienone is 1. The summed E-state index contributed by atoms with van der Waals surface area (Å²) in [5.74, 6) is 1.80. The molecule has 0 bridgehead atoms. The summed E-state index contributed by atoms with van der Waals surface area (Å²) in [7, 11) is 3.20. The Bertz CT molecular complexity index is 1280. The van der Waals surface area contributed by atoms with Gasteiger partial charge in [-0.3, -0.25) is 9.79 Å². The van der Waals surface area contributed by atoms with Gasteiger partial charge >= 0.3 is 0 Å². The predicted molar refractivity (Wildman–Crippen MR) is 132 cm³/mol. The first-order valence-corrected chi connectivity index (χ1v) is 11.6.